The number of rotatable bonds is 4. The van der Waals surface area contributed by atoms with Gasteiger partial charge in [-0.2, -0.15) is 4.90 Å². The van der Waals surface area contributed by atoms with Gasteiger partial charge in [-0.05, 0) is 12.1 Å². The highest BCUT2D eigenvalue weighted by Gasteiger charge is 2.36. The van der Waals surface area contributed by atoms with Gasteiger partial charge in [0.05, 0.1) is 32.6 Å². The van der Waals surface area contributed by atoms with Gasteiger partial charge < -0.3 is 4.74 Å². The molecular weight excluding hydrogens is 300 g/mol. The Labute approximate surface area is 137 Å². The van der Waals surface area contributed by atoms with Gasteiger partial charge in [-0.15, -0.1) is 0 Å². The smallest absolute Gasteiger partial charge is 0.152 e. The molecule has 0 saturated carbocycles. The van der Waals surface area contributed by atoms with Crippen LogP contribution in [0.3, 0.4) is 0 Å². The van der Waals surface area contributed by atoms with Gasteiger partial charge in [-0.1, -0.05) is 23.7 Å². The Morgan fingerprint density at radius 3 is 2.68 bits per heavy atom. The first-order valence-corrected chi connectivity index (χ1v) is 8.39. The minimum atomic E-state index is 0.315. The van der Waals surface area contributed by atoms with E-state index in [9.17, 15) is 4.79 Å². The van der Waals surface area contributed by atoms with Crippen molar-refractivity contribution in [1.29, 1.82) is 0 Å². The maximum atomic E-state index is 11.9. The number of ether oxygens (including phenoxy) is 1. The van der Waals surface area contributed by atoms with E-state index in [1.54, 1.807) is 0 Å². The van der Waals surface area contributed by atoms with Crippen molar-refractivity contribution in [2.45, 2.75) is 25.4 Å². The number of morpholine rings is 1. The normalized spacial score (nSPS) is 24.6. The maximum Gasteiger partial charge on any atom is 0.152 e. The summed E-state index contributed by atoms with van der Waals surface area (Å²) in [6, 6.07) is 8.33. The monoisotopic (exact) mass is 322 g/mol. The van der Waals surface area contributed by atoms with Crippen molar-refractivity contribution in [3.05, 3.63) is 34.9 Å². The number of hydrogen-bond acceptors (Lipinski definition) is 4. The number of halogens is 1. The highest BCUT2D eigenvalue weighted by molar-refractivity contribution is 6.30. The molecule has 3 rings (SSSR count). The van der Waals surface area contributed by atoms with Crippen molar-refractivity contribution in [3.8, 4) is 0 Å². The standard InChI is InChI=1S/C17H23ClN2O2/c18-15-3-1-14(2-4-15)12-20-6-5-17(21)11-16(20)13-19-7-9-22-10-8-19/h1-4,16H,5-13H2/q+1. The Morgan fingerprint density at radius 1 is 1.23 bits per heavy atom. The van der Waals surface area contributed by atoms with E-state index in [1.165, 1.54) is 5.56 Å². The zero-order chi connectivity index (χ0) is 15.4. The molecule has 2 aliphatic rings. The topological polar surface area (TPSA) is 35.4 Å². The lowest BCUT2D eigenvalue weighted by Gasteiger charge is -2.32. The number of hydrogen-bond donors (Lipinski definition) is 0. The average Bonchev–Trinajstić information content (AvgIpc) is 2.53. The van der Waals surface area contributed by atoms with Gasteiger partial charge >= 0.3 is 0 Å². The third kappa shape index (κ3) is 4.29. The van der Waals surface area contributed by atoms with Crippen molar-refractivity contribution in [1.82, 2.24) is 9.80 Å². The molecule has 119 valence electrons. The molecule has 2 aliphatic heterocycles. The van der Waals surface area contributed by atoms with Gasteiger partial charge in [0.1, 0.15) is 18.9 Å². The third-order valence-electron chi connectivity index (χ3n) is 4.53. The van der Waals surface area contributed by atoms with Crippen molar-refractivity contribution < 1.29 is 9.53 Å². The Balaban J connectivity index is 1.63. The van der Waals surface area contributed by atoms with E-state index in [1.807, 2.05) is 12.1 Å². The summed E-state index contributed by atoms with van der Waals surface area (Å²) in [6.45, 7) is 6.26. The number of Topliss-reactive ketones (excluding diaryl/α,β-unsaturated/α-hetero) is 1. The Morgan fingerprint density at radius 2 is 1.95 bits per heavy atom. The van der Waals surface area contributed by atoms with Gasteiger partial charge in [0.15, 0.2) is 6.04 Å². The molecule has 0 aromatic heterocycles. The first kappa shape index (κ1) is 15.9. The first-order valence-electron chi connectivity index (χ1n) is 8.01. The van der Waals surface area contributed by atoms with Crippen molar-refractivity contribution in [2.24, 2.45) is 0 Å². The molecule has 4 nitrogen and oxygen atoms in total. The van der Waals surface area contributed by atoms with Crippen LogP contribution in [0, 0.1) is 0 Å². The zero-order valence-corrected chi connectivity index (χ0v) is 13.6. The second kappa shape index (κ2) is 7.55. The van der Waals surface area contributed by atoms with E-state index >= 15 is 0 Å². The number of likely N-dealkylation sites (tertiary alicyclic amines) is 1. The first-order chi connectivity index (χ1) is 10.7. The van der Waals surface area contributed by atoms with Crippen LogP contribution in [0.2, 0.25) is 5.02 Å². The molecule has 2 fully saturated rings. The summed E-state index contributed by atoms with van der Waals surface area (Å²) in [5, 5.41) is 0.766. The predicted octanol–water partition coefficient (Wildman–Crippen LogP) is 2.04. The quantitative estimate of drug-likeness (QED) is 0.796. The van der Waals surface area contributed by atoms with Gasteiger partial charge in [0.25, 0.3) is 0 Å². The van der Waals surface area contributed by atoms with Crippen molar-refractivity contribution in [3.63, 3.8) is 0 Å². The summed E-state index contributed by atoms with van der Waals surface area (Å²) in [5.41, 5.74) is 1.26. The molecule has 1 atom stereocenters. The van der Waals surface area contributed by atoms with Crippen LogP contribution in [0.1, 0.15) is 18.4 Å². The van der Waals surface area contributed by atoms with Crippen LogP contribution in [0.25, 0.3) is 0 Å². The van der Waals surface area contributed by atoms with E-state index in [0.717, 1.165) is 51.0 Å². The van der Waals surface area contributed by atoms with E-state index in [2.05, 4.69) is 21.9 Å². The molecule has 1 aromatic rings. The molecule has 0 bridgehead atoms. The van der Waals surface area contributed by atoms with Crippen LogP contribution in [0.5, 0.6) is 0 Å². The van der Waals surface area contributed by atoms with Crippen LogP contribution in [-0.2, 0) is 16.1 Å². The van der Waals surface area contributed by atoms with Gasteiger partial charge in [0.2, 0.25) is 0 Å². The molecule has 0 amide bonds. The number of benzene rings is 1. The molecule has 1 radical (unpaired) electrons. The van der Waals surface area contributed by atoms with Gasteiger partial charge in [-0.25, -0.2) is 0 Å². The largest absolute Gasteiger partial charge is 0.379 e. The van der Waals surface area contributed by atoms with Crippen LogP contribution >= 0.6 is 11.6 Å². The Kier molecular flexibility index (Phi) is 5.47. The van der Waals surface area contributed by atoms with E-state index < -0.39 is 0 Å². The minimum absolute atomic E-state index is 0.315. The number of ketones is 1. The zero-order valence-electron chi connectivity index (χ0n) is 12.8. The molecule has 2 heterocycles. The lowest BCUT2D eigenvalue weighted by molar-refractivity contribution is -0.122. The summed E-state index contributed by atoms with van der Waals surface area (Å²) >= 11 is 5.95. The summed E-state index contributed by atoms with van der Waals surface area (Å²) in [6.07, 6.45) is 1.35. The van der Waals surface area contributed by atoms with E-state index in [0.29, 0.717) is 24.7 Å². The lowest BCUT2D eigenvalue weighted by Crippen LogP contribution is -2.53. The maximum absolute atomic E-state index is 11.9. The van der Waals surface area contributed by atoms with Crippen LogP contribution in [-0.4, -0.2) is 56.1 Å². The SMILES string of the molecule is O=C1CC[N+](Cc2ccc(Cl)cc2)C(CN2CCOCC2)C1. The fourth-order valence-electron chi connectivity index (χ4n) is 3.24. The lowest BCUT2D eigenvalue weighted by atomic mass is 9.99. The van der Waals surface area contributed by atoms with Crippen LogP contribution < -0.4 is 4.90 Å². The van der Waals surface area contributed by atoms with Gasteiger partial charge in [-0.3, -0.25) is 9.69 Å². The molecule has 5 heteroatoms. The molecule has 0 N–H and O–H groups in total. The molecule has 1 aromatic carbocycles. The molecule has 1 unspecified atom stereocenters. The predicted molar refractivity (Wildman–Crippen MR) is 87.4 cm³/mol. The van der Waals surface area contributed by atoms with E-state index in [-0.39, 0.29) is 0 Å². The fraction of sp³-hybridized carbons (Fsp3) is 0.588. The molecule has 0 aliphatic carbocycles. The molecule has 2 saturated heterocycles. The van der Waals surface area contributed by atoms with E-state index in [4.69, 9.17) is 16.3 Å². The molecule has 22 heavy (non-hydrogen) atoms. The second-order valence-electron chi connectivity index (χ2n) is 6.16. The number of carbonyl (C=O) groups is 1. The Hall–Kier alpha value is -0.940. The minimum Gasteiger partial charge on any atom is -0.379 e. The molecule has 0 spiro atoms. The number of piperidine rings is 1. The summed E-state index contributed by atoms with van der Waals surface area (Å²) < 4.78 is 5.41. The summed E-state index contributed by atoms with van der Waals surface area (Å²) in [7, 11) is 0. The van der Waals surface area contributed by atoms with Crippen LogP contribution in [0.15, 0.2) is 24.3 Å². The second-order valence-corrected chi connectivity index (χ2v) is 6.59. The van der Waals surface area contributed by atoms with Crippen molar-refractivity contribution >= 4 is 17.4 Å². The number of carbonyl (C=O) groups excluding carboxylic acids is 1. The van der Waals surface area contributed by atoms with Crippen molar-refractivity contribution in [2.75, 3.05) is 39.4 Å². The summed E-state index contributed by atoms with van der Waals surface area (Å²) in [5.74, 6) is 0.394. The summed E-state index contributed by atoms with van der Waals surface area (Å²) in [4.78, 5) is 16.7. The average molecular weight is 323 g/mol. The fourth-order valence-corrected chi connectivity index (χ4v) is 3.37. The highest BCUT2D eigenvalue weighted by atomic mass is 35.5. The molecular formula is C17H23ClN2O2+. The Bertz CT molecular complexity index is 500. The van der Waals surface area contributed by atoms with Gasteiger partial charge in [0, 0.05) is 23.7 Å². The number of nitrogens with zero attached hydrogens (tertiary/aromatic N) is 2. The van der Waals surface area contributed by atoms with Crippen LogP contribution in [0.4, 0.5) is 0 Å². The third-order valence-corrected chi connectivity index (χ3v) is 4.78. The highest BCUT2D eigenvalue weighted by Crippen LogP contribution is 2.18.